The normalized spacial score (nSPS) is 19.2. The summed E-state index contributed by atoms with van der Waals surface area (Å²) in [6, 6.07) is 5.30. The van der Waals surface area contributed by atoms with E-state index in [0.29, 0.717) is 6.04 Å². The lowest BCUT2D eigenvalue weighted by atomic mass is 10.00. The highest BCUT2D eigenvalue weighted by atomic mass is 19.1. The van der Waals surface area contributed by atoms with E-state index >= 15 is 0 Å². The summed E-state index contributed by atoms with van der Waals surface area (Å²) < 4.78 is 13.5. The Labute approximate surface area is 128 Å². The van der Waals surface area contributed by atoms with Crippen molar-refractivity contribution in [1.82, 2.24) is 15.0 Å². The van der Waals surface area contributed by atoms with Crippen LogP contribution < -0.4 is 4.90 Å². The second-order valence-corrected chi connectivity index (χ2v) is 5.99. The van der Waals surface area contributed by atoms with Gasteiger partial charge in [0, 0.05) is 23.5 Å². The van der Waals surface area contributed by atoms with Crippen LogP contribution in [0.2, 0.25) is 0 Å². The Morgan fingerprint density at radius 1 is 1.32 bits per heavy atom. The van der Waals surface area contributed by atoms with Crippen LogP contribution in [-0.4, -0.2) is 27.5 Å². The van der Waals surface area contributed by atoms with Gasteiger partial charge in [-0.25, -0.2) is 14.4 Å². The third-order valence-corrected chi connectivity index (χ3v) is 4.69. The number of aromatic amines is 1. The molecule has 0 spiro atoms. The van der Waals surface area contributed by atoms with Crippen molar-refractivity contribution in [3.63, 3.8) is 0 Å². The van der Waals surface area contributed by atoms with Crippen LogP contribution in [0.5, 0.6) is 0 Å². The molecule has 1 aliphatic rings. The van der Waals surface area contributed by atoms with Crippen LogP contribution in [0.15, 0.2) is 24.5 Å². The number of nitrogens with zero attached hydrogens (tertiary/aromatic N) is 3. The molecule has 0 bridgehead atoms. The molecule has 0 saturated carbocycles. The molecule has 1 N–H and O–H groups in total. The van der Waals surface area contributed by atoms with Crippen LogP contribution in [0.3, 0.4) is 0 Å². The summed E-state index contributed by atoms with van der Waals surface area (Å²) in [5.41, 5.74) is 2.63. The minimum absolute atomic E-state index is 0.238. The summed E-state index contributed by atoms with van der Waals surface area (Å²) in [6.07, 6.45) is 6.38. The van der Waals surface area contributed by atoms with Crippen LogP contribution in [0.25, 0.3) is 21.9 Å². The van der Waals surface area contributed by atoms with E-state index in [1.54, 1.807) is 18.5 Å². The number of rotatable bonds is 2. The van der Waals surface area contributed by atoms with Crippen LogP contribution in [0, 0.1) is 5.82 Å². The first-order valence-corrected chi connectivity index (χ1v) is 7.96. The average molecular weight is 298 g/mol. The highest BCUT2D eigenvalue weighted by molar-refractivity contribution is 6.08. The van der Waals surface area contributed by atoms with Crippen molar-refractivity contribution in [2.45, 2.75) is 38.6 Å². The first-order valence-electron chi connectivity index (χ1n) is 7.96. The number of hydrogen-bond donors (Lipinski definition) is 1. The molecule has 2 aromatic heterocycles. The van der Waals surface area contributed by atoms with Gasteiger partial charge in [-0.05, 0) is 43.9 Å². The maximum atomic E-state index is 13.5. The smallest absolute Gasteiger partial charge is 0.156 e. The van der Waals surface area contributed by atoms with Gasteiger partial charge in [-0.3, -0.25) is 0 Å². The fourth-order valence-electron chi connectivity index (χ4n) is 3.57. The molecule has 3 heterocycles. The lowest BCUT2D eigenvalue weighted by Gasteiger charge is -2.36. The Morgan fingerprint density at radius 3 is 3.09 bits per heavy atom. The maximum Gasteiger partial charge on any atom is 0.156 e. The molecule has 1 saturated heterocycles. The van der Waals surface area contributed by atoms with Gasteiger partial charge < -0.3 is 9.88 Å². The molecule has 1 atom stereocenters. The molecule has 0 radical (unpaired) electrons. The van der Waals surface area contributed by atoms with Gasteiger partial charge in [0.2, 0.25) is 0 Å². The molecule has 3 aromatic rings. The van der Waals surface area contributed by atoms with Gasteiger partial charge in [0.25, 0.3) is 0 Å². The fourth-order valence-corrected chi connectivity index (χ4v) is 3.57. The van der Waals surface area contributed by atoms with Crippen LogP contribution in [0.4, 0.5) is 10.2 Å². The Morgan fingerprint density at radius 2 is 2.23 bits per heavy atom. The number of halogens is 1. The van der Waals surface area contributed by atoms with Crippen molar-refractivity contribution in [1.29, 1.82) is 0 Å². The largest absolute Gasteiger partial charge is 0.352 e. The molecular weight excluding hydrogens is 279 g/mol. The van der Waals surface area contributed by atoms with Crippen LogP contribution in [-0.2, 0) is 0 Å². The predicted molar refractivity (Wildman–Crippen MR) is 86.6 cm³/mol. The van der Waals surface area contributed by atoms with E-state index < -0.39 is 0 Å². The zero-order valence-corrected chi connectivity index (χ0v) is 12.6. The highest BCUT2D eigenvalue weighted by Crippen LogP contribution is 2.33. The Bertz CT molecular complexity index is 826. The molecule has 0 amide bonds. The molecule has 1 aliphatic heterocycles. The van der Waals surface area contributed by atoms with Gasteiger partial charge in [0.1, 0.15) is 23.2 Å². The lowest BCUT2D eigenvalue weighted by molar-refractivity contribution is 0.447. The zero-order valence-electron chi connectivity index (χ0n) is 12.6. The van der Waals surface area contributed by atoms with E-state index in [0.717, 1.165) is 40.7 Å². The number of piperidine rings is 1. The van der Waals surface area contributed by atoms with Crippen molar-refractivity contribution in [3.8, 4) is 0 Å². The van der Waals surface area contributed by atoms with E-state index in [1.165, 1.54) is 25.3 Å². The van der Waals surface area contributed by atoms with Gasteiger partial charge in [0.15, 0.2) is 5.82 Å². The van der Waals surface area contributed by atoms with E-state index in [4.69, 9.17) is 0 Å². The molecule has 5 heteroatoms. The average Bonchev–Trinajstić information content (AvgIpc) is 2.93. The Hall–Kier alpha value is -2.17. The maximum absolute atomic E-state index is 13.5. The minimum atomic E-state index is -0.238. The number of nitrogens with one attached hydrogen (secondary N) is 1. The third kappa shape index (κ3) is 2.03. The molecule has 22 heavy (non-hydrogen) atoms. The standard InChI is InChI=1S/C17H19FN4/c1-2-12-5-3-4-8-22(12)17-16-15(19-10-20-17)13-9-11(18)6-7-14(13)21-16/h6-7,9-10,12,21H,2-5,8H2,1H3. The molecule has 0 aliphatic carbocycles. The summed E-state index contributed by atoms with van der Waals surface area (Å²) in [5.74, 6) is 0.714. The number of H-pyrrole nitrogens is 1. The molecule has 4 nitrogen and oxygen atoms in total. The summed E-state index contributed by atoms with van der Waals surface area (Å²) in [6.45, 7) is 3.25. The quantitative estimate of drug-likeness (QED) is 0.777. The van der Waals surface area contributed by atoms with Crippen molar-refractivity contribution in [2.24, 2.45) is 0 Å². The van der Waals surface area contributed by atoms with E-state index in [-0.39, 0.29) is 5.82 Å². The minimum Gasteiger partial charge on any atom is -0.352 e. The highest BCUT2D eigenvalue weighted by Gasteiger charge is 2.24. The number of anilines is 1. The number of hydrogen-bond acceptors (Lipinski definition) is 3. The van der Waals surface area contributed by atoms with Gasteiger partial charge in [-0.1, -0.05) is 6.92 Å². The summed E-state index contributed by atoms with van der Waals surface area (Å²) >= 11 is 0. The summed E-state index contributed by atoms with van der Waals surface area (Å²) in [5, 5.41) is 0.823. The van der Waals surface area contributed by atoms with Crippen molar-refractivity contribution in [3.05, 3.63) is 30.3 Å². The number of fused-ring (bicyclic) bond motifs is 3. The van der Waals surface area contributed by atoms with Gasteiger partial charge >= 0.3 is 0 Å². The van der Waals surface area contributed by atoms with Gasteiger partial charge in [0.05, 0.1) is 0 Å². The van der Waals surface area contributed by atoms with Gasteiger partial charge in [-0.2, -0.15) is 0 Å². The SMILES string of the molecule is CCC1CCCCN1c1ncnc2c1[nH]c1ccc(F)cc12. The Balaban J connectivity index is 1.92. The van der Waals surface area contributed by atoms with Crippen LogP contribution in [0.1, 0.15) is 32.6 Å². The molecule has 1 fully saturated rings. The lowest BCUT2D eigenvalue weighted by Crippen LogP contribution is -2.39. The summed E-state index contributed by atoms with van der Waals surface area (Å²) in [7, 11) is 0. The van der Waals surface area contributed by atoms with Crippen molar-refractivity contribution >= 4 is 27.8 Å². The zero-order chi connectivity index (χ0) is 15.1. The first kappa shape index (κ1) is 13.5. The summed E-state index contributed by atoms with van der Waals surface area (Å²) in [4.78, 5) is 14.7. The van der Waals surface area contributed by atoms with Crippen molar-refractivity contribution in [2.75, 3.05) is 11.4 Å². The van der Waals surface area contributed by atoms with E-state index in [2.05, 4.69) is 26.8 Å². The third-order valence-electron chi connectivity index (χ3n) is 4.69. The molecule has 1 aromatic carbocycles. The molecule has 1 unspecified atom stereocenters. The van der Waals surface area contributed by atoms with Gasteiger partial charge in [-0.15, -0.1) is 0 Å². The number of benzene rings is 1. The van der Waals surface area contributed by atoms with Crippen molar-refractivity contribution < 1.29 is 4.39 Å². The topological polar surface area (TPSA) is 44.8 Å². The Kier molecular flexibility index (Phi) is 3.21. The first-order chi connectivity index (χ1) is 10.8. The molecule has 4 rings (SSSR count). The molecule has 114 valence electrons. The second-order valence-electron chi connectivity index (χ2n) is 5.99. The molecular formula is C17H19FN4. The van der Waals surface area contributed by atoms with E-state index in [9.17, 15) is 4.39 Å². The van der Waals surface area contributed by atoms with E-state index in [1.807, 2.05) is 0 Å². The second kappa shape index (κ2) is 5.23. The monoisotopic (exact) mass is 298 g/mol. The predicted octanol–water partition coefficient (Wildman–Crippen LogP) is 4.02. The number of aromatic nitrogens is 3. The van der Waals surface area contributed by atoms with Crippen LogP contribution >= 0.6 is 0 Å². The fraction of sp³-hybridized carbons (Fsp3) is 0.412.